The number of aromatic carboxylic acids is 1. The Morgan fingerprint density at radius 2 is 1.60 bits per heavy atom. The summed E-state index contributed by atoms with van der Waals surface area (Å²) in [7, 11) is 0. The van der Waals surface area contributed by atoms with Crippen molar-refractivity contribution in [2.45, 2.75) is 64.6 Å². The largest absolute Gasteiger partial charge is 0.489 e. The lowest BCUT2D eigenvalue weighted by Gasteiger charge is -2.25. The van der Waals surface area contributed by atoms with Gasteiger partial charge >= 0.3 is 5.97 Å². The normalized spacial score (nSPS) is 13.7. The smallest absolute Gasteiger partial charge is 0.335 e. The van der Waals surface area contributed by atoms with Crippen LogP contribution < -0.4 is 10.1 Å². The number of carboxylic acids is 1. The first-order valence-electron chi connectivity index (χ1n) is 15.4. The average Bonchev–Trinajstić information content (AvgIpc) is 3.43. The SMILES string of the molecule is CC(C)NC(=O)c1ccc(-c2ccc(Cl)cc2)c(COc2ccc(-c3nc4cc(C(=O)O)ccc4n3C3CCCCC3)cc2)c1. The number of carbonyl (C=O) groups excluding carboxylic acids is 1. The molecule has 2 N–H and O–H groups in total. The highest BCUT2D eigenvalue weighted by atomic mass is 35.5. The summed E-state index contributed by atoms with van der Waals surface area (Å²) in [6.07, 6.45) is 5.72. The number of amides is 1. The average molecular weight is 622 g/mol. The van der Waals surface area contributed by atoms with Gasteiger partial charge in [-0.1, -0.05) is 49.1 Å². The van der Waals surface area contributed by atoms with Crippen LogP contribution in [-0.4, -0.2) is 32.6 Å². The Balaban J connectivity index is 1.29. The number of aromatic nitrogens is 2. The lowest BCUT2D eigenvalue weighted by molar-refractivity contribution is 0.0696. The molecule has 1 saturated carbocycles. The van der Waals surface area contributed by atoms with E-state index in [1.807, 2.05) is 86.6 Å². The van der Waals surface area contributed by atoms with Crippen molar-refractivity contribution in [1.29, 1.82) is 0 Å². The Bertz CT molecular complexity index is 1840. The zero-order valence-corrected chi connectivity index (χ0v) is 26.2. The van der Waals surface area contributed by atoms with Gasteiger partial charge in [-0.05, 0) is 110 Å². The van der Waals surface area contributed by atoms with Crippen LogP contribution in [0.15, 0.2) is 84.9 Å². The van der Waals surface area contributed by atoms with Crippen molar-refractivity contribution in [3.63, 3.8) is 0 Å². The fourth-order valence-corrected chi connectivity index (χ4v) is 6.24. The lowest BCUT2D eigenvalue weighted by atomic mass is 9.95. The number of carboxylic acid groups (broad SMARTS) is 1. The summed E-state index contributed by atoms with van der Waals surface area (Å²) in [5.74, 6) is 0.429. The number of imidazole rings is 1. The standard InChI is InChI=1S/C37H36ClN3O4/c1-23(2)39-36(42)26-12-18-32(24-8-14-29(38)15-9-24)28(20-26)22-45-31-16-10-25(11-17-31)35-40-33-21-27(37(43)44)13-19-34(33)41(35)30-6-4-3-5-7-30/h8-21,23,30H,3-7,22H2,1-2H3,(H,39,42)(H,43,44). The molecule has 5 aromatic rings. The van der Waals surface area contributed by atoms with Crippen LogP contribution >= 0.6 is 11.6 Å². The van der Waals surface area contributed by atoms with E-state index in [0.717, 1.165) is 46.4 Å². The van der Waals surface area contributed by atoms with Gasteiger partial charge in [-0.25, -0.2) is 9.78 Å². The molecule has 1 fully saturated rings. The van der Waals surface area contributed by atoms with Gasteiger partial charge in [0.2, 0.25) is 0 Å². The molecule has 4 aromatic carbocycles. The highest BCUT2D eigenvalue weighted by Gasteiger charge is 2.23. The Kier molecular flexibility index (Phi) is 8.90. The number of carbonyl (C=O) groups is 2. The van der Waals surface area contributed by atoms with E-state index in [2.05, 4.69) is 9.88 Å². The number of benzene rings is 4. The van der Waals surface area contributed by atoms with Gasteiger partial charge in [-0.3, -0.25) is 4.79 Å². The van der Waals surface area contributed by atoms with Crippen molar-refractivity contribution in [1.82, 2.24) is 14.9 Å². The third kappa shape index (κ3) is 6.74. The molecule has 1 aromatic heterocycles. The number of fused-ring (bicyclic) bond motifs is 1. The molecule has 0 spiro atoms. The molecule has 0 radical (unpaired) electrons. The lowest BCUT2D eigenvalue weighted by Crippen LogP contribution is -2.30. The summed E-state index contributed by atoms with van der Waals surface area (Å²) >= 11 is 6.14. The van der Waals surface area contributed by atoms with Crippen molar-refractivity contribution in [3.8, 4) is 28.3 Å². The molecular weight excluding hydrogens is 586 g/mol. The first-order chi connectivity index (χ1) is 21.8. The van der Waals surface area contributed by atoms with E-state index >= 15 is 0 Å². The Hall–Kier alpha value is -4.62. The van der Waals surface area contributed by atoms with Crippen molar-refractivity contribution in [2.24, 2.45) is 0 Å². The zero-order valence-electron chi connectivity index (χ0n) is 25.4. The summed E-state index contributed by atoms with van der Waals surface area (Å²) in [6, 6.07) is 26.7. The molecule has 0 aliphatic heterocycles. The molecule has 7 nitrogen and oxygen atoms in total. The minimum atomic E-state index is -0.961. The molecule has 45 heavy (non-hydrogen) atoms. The molecule has 1 aliphatic carbocycles. The number of nitrogens with zero attached hydrogens (tertiary/aromatic N) is 2. The van der Waals surface area contributed by atoms with Crippen LogP contribution in [0.25, 0.3) is 33.5 Å². The summed E-state index contributed by atoms with van der Waals surface area (Å²) in [4.78, 5) is 29.4. The minimum Gasteiger partial charge on any atom is -0.489 e. The van der Waals surface area contributed by atoms with E-state index in [4.69, 9.17) is 21.3 Å². The van der Waals surface area contributed by atoms with Gasteiger partial charge in [0, 0.05) is 28.2 Å². The second kappa shape index (κ2) is 13.2. The van der Waals surface area contributed by atoms with Crippen molar-refractivity contribution < 1.29 is 19.4 Å². The van der Waals surface area contributed by atoms with E-state index in [-0.39, 0.29) is 24.1 Å². The van der Waals surface area contributed by atoms with Gasteiger partial charge < -0.3 is 19.7 Å². The van der Waals surface area contributed by atoms with Gasteiger partial charge in [-0.2, -0.15) is 0 Å². The summed E-state index contributed by atoms with van der Waals surface area (Å²) in [5.41, 5.74) is 6.22. The van der Waals surface area contributed by atoms with E-state index in [1.165, 1.54) is 19.3 Å². The van der Waals surface area contributed by atoms with Crippen LogP contribution in [0.1, 0.15) is 78.3 Å². The predicted octanol–water partition coefficient (Wildman–Crippen LogP) is 8.94. The maximum Gasteiger partial charge on any atom is 0.335 e. The molecule has 1 heterocycles. The molecule has 0 bridgehead atoms. The number of nitrogens with one attached hydrogen (secondary N) is 1. The van der Waals surface area contributed by atoms with Gasteiger partial charge in [0.05, 0.1) is 16.6 Å². The fourth-order valence-electron chi connectivity index (χ4n) is 6.12. The third-order valence-corrected chi connectivity index (χ3v) is 8.58. The first-order valence-corrected chi connectivity index (χ1v) is 15.8. The van der Waals surface area contributed by atoms with Gasteiger partial charge in [-0.15, -0.1) is 0 Å². The Morgan fingerprint density at radius 3 is 2.29 bits per heavy atom. The van der Waals surface area contributed by atoms with E-state index in [9.17, 15) is 14.7 Å². The van der Waals surface area contributed by atoms with E-state index in [1.54, 1.807) is 12.1 Å². The monoisotopic (exact) mass is 621 g/mol. The van der Waals surface area contributed by atoms with Crippen LogP contribution in [0.4, 0.5) is 0 Å². The Labute approximate surface area is 267 Å². The summed E-state index contributed by atoms with van der Waals surface area (Å²) in [6.45, 7) is 4.13. The van der Waals surface area contributed by atoms with Crippen LogP contribution in [0.2, 0.25) is 5.02 Å². The zero-order chi connectivity index (χ0) is 31.5. The topological polar surface area (TPSA) is 93.4 Å². The van der Waals surface area contributed by atoms with Gasteiger partial charge in [0.15, 0.2) is 0 Å². The highest BCUT2D eigenvalue weighted by molar-refractivity contribution is 6.30. The van der Waals surface area contributed by atoms with Crippen molar-refractivity contribution in [2.75, 3.05) is 0 Å². The molecule has 6 rings (SSSR count). The fraction of sp³-hybridized carbons (Fsp3) is 0.270. The molecule has 0 saturated heterocycles. The molecule has 8 heteroatoms. The number of hydrogen-bond acceptors (Lipinski definition) is 4. The number of ether oxygens (including phenoxy) is 1. The van der Waals surface area contributed by atoms with Gasteiger partial charge in [0.1, 0.15) is 18.2 Å². The second-order valence-corrected chi connectivity index (χ2v) is 12.4. The summed E-state index contributed by atoms with van der Waals surface area (Å²) < 4.78 is 8.58. The minimum absolute atomic E-state index is 0.0252. The highest BCUT2D eigenvalue weighted by Crippen LogP contribution is 2.37. The third-order valence-electron chi connectivity index (χ3n) is 8.33. The Morgan fingerprint density at radius 1 is 0.911 bits per heavy atom. The molecular formula is C37H36ClN3O4. The van der Waals surface area contributed by atoms with Crippen molar-refractivity contribution in [3.05, 3.63) is 107 Å². The maximum absolute atomic E-state index is 12.8. The van der Waals surface area contributed by atoms with Crippen LogP contribution in [-0.2, 0) is 6.61 Å². The van der Waals surface area contributed by atoms with Gasteiger partial charge in [0.25, 0.3) is 5.91 Å². The molecule has 230 valence electrons. The number of rotatable bonds is 9. The quantitative estimate of drug-likeness (QED) is 0.171. The van der Waals surface area contributed by atoms with Crippen LogP contribution in [0.5, 0.6) is 5.75 Å². The number of halogens is 1. The molecule has 0 atom stereocenters. The van der Waals surface area contributed by atoms with Crippen molar-refractivity contribution >= 4 is 34.5 Å². The molecule has 1 amide bonds. The van der Waals surface area contributed by atoms with E-state index < -0.39 is 5.97 Å². The second-order valence-electron chi connectivity index (χ2n) is 11.9. The first kappa shape index (κ1) is 30.4. The predicted molar refractivity (Wildman–Crippen MR) is 178 cm³/mol. The number of hydrogen-bond donors (Lipinski definition) is 2. The summed E-state index contributed by atoms with van der Waals surface area (Å²) in [5, 5.41) is 13.2. The van der Waals surface area contributed by atoms with E-state index in [0.29, 0.717) is 27.9 Å². The molecule has 1 aliphatic rings. The van der Waals surface area contributed by atoms with Crippen LogP contribution in [0, 0.1) is 0 Å². The van der Waals surface area contributed by atoms with Crippen LogP contribution in [0.3, 0.4) is 0 Å². The molecule has 0 unspecified atom stereocenters. The maximum atomic E-state index is 12.8.